The maximum atomic E-state index is 12.4. The van der Waals surface area contributed by atoms with Gasteiger partial charge in [0, 0.05) is 19.3 Å². The number of anilines is 1. The molecule has 4 bridgehead atoms. The molecule has 4 aliphatic carbocycles. The van der Waals surface area contributed by atoms with Crippen molar-refractivity contribution in [3.63, 3.8) is 0 Å². The lowest BCUT2D eigenvalue weighted by Crippen LogP contribution is -2.63. The second-order valence-corrected chi connectivity index (χ2v) is 8.09. The lowest BCUT2D eigenvalue weighted by molar-refractivity contribution is -0.186. The molecule has 0 radical (unpaired) electrons. The number of ether oxygens (including phenoxy) is 1. The largest absolute Gasteiger partial charge is 0.376 e. The molecule has 0 saturated heterocycles. The molecule has 0 atom stereocenters. The Morgan fingerprint density at radius 2 is 1.75 bits per heavy atom. The van der Waals surface area contributed by atoms with Crippen molar-refractivity contribution in [3.8, 4) is 0 Å². The van der Waals surface area contributed by atoms with Crippen LogP contribution in [0.25, 0.3) is 0 Å². The SMILES string of the molecule is COC1(CNC(=O)Nc2ccccc2C)C2CC3CC(C2)CC1C3. The van der Waals surface area contributed by atoms with E-state index >= 15 is 0 Å². The molecule has 0 unspecified atom stereocenters. The molecule has 5 rings (SSSR count). The number of hydrogen-bond donors (Lipinski definition) is 2. The van der Waals surface area contributed by atoms with E-state index < -0.39 is 0 Å². The number of carbonyl (C=O) groups excluding carboxylic acids is 1. The van der Waals surface area contributed by atoms with E-state index in [1.165, 1.54) is 32.1 Å². The highest BCUT2D eigenvalue weighted by atomic mass is 16.5. The topological polar surface area (TPSA) is 50.4 Å². The minimum absolute atomic E-state index is 0.130. The van der Waals surface area contributed by atoms with Gasteiger partial charge >= 0.3 is 6.03 Å². The molecule has 0 heterocycles. The molecule has 4 saturated carbocycles. The smallest absolute Gasteiger partial charge is 0.319 e. The Morgan fingerprint density at radius 1 is 1.12 bits per heavy atom. The number of aryl methyl sites for hydroxylation is 1. The first-order chi connectivity index (χ1) is 11.6. The summed E-state index contributed by atoms with van der Waals surface area (Å²) < 4.78 is 6.10. The third-order valence-electron chi connectivity index (χ3n) is 6.82. The fourth-order valence-corrected chi connectivity index (χ4v) is 5.77. The molecular weight excluding hydrogens is 300 g/mol. The number of urea groups is 1. The minimum atomic E-state index is -0.156. The van der Waals surface area contributed by atoms with Crippen LogP contribution in [0.15, 0.2) is 24.3 Å². The van der Waals surface area contributed by atoms with Gasteiger partial charge in [-0.1, -0.05) is 18.2 Å². The molecule has 24 heavy (non-hydrogen) atoms. The lowest BCUT2D eigenvalue weighted by Gasteiger charge is -2.60. The molecule has 4 nitrogen and oxygen atoms in total. The average molecular weight is 328 g/mol. The maximum Gasteiger partial charge on any atom is 0.319 e. The molecular formula is C20H28N2O2. The number of amides is 2. The molecule has 4 aliphatic rings. The molecule has 130 valence electrons. The molecule has 1 aromatic rings. The van der Waals surface area contributed by atoms with E-state index in [2.05, 4.69) is 10.6 Å². The van der Waals surface area contributed by atoms with E-state index in [9.17, 15) is 4.79 Å². The van der Waals surface area contributed by atoms with Crippen LogP contribution in [0, 0.1) is 30.6 Å². The van der Waals surface area contributed by atoms with E-state index in [-0.39, 0.29) is 11.6 Å². The highest BCUT2D eigenvalue weighted by Gasteiger charge is 2.57. The number of para-hydroxylation sites is 1. The summed E-state index contributed by atoms with van der Waals surface area (Å²) in [4.78, 5) is 12.4. The van der Waals surface area contributed by atoms with Crippen LogP contribution in [0.3, 0.4) is 0 Å². The molecule has 0 spiro atoms. The van der Waals surface area contributed by atoms with Crippen LogP contribution >= 0.6 is 0 Å². The quantitative estimate of drug-likeness (QED) is 0.879. The number of nitrogens with one attached hydrogen (secondary N) is 2. The van der Waals surface area contributed by atoms with Crippen LogP contribution in [0.1, 0.15) is 37.7 Å². The Hall–Kier alpha value is -1.55. The Bertz CT molecular complexity index is 600. The maximum absolute atomic E-state index is 12.4. The summed E-state index contributed by atoms with van der Waals surface area (Å²) in [7, 11) is 1.84. The zero-order valence-corrected chi connectivity index (χ0v) is 14.7. The molecule has 2 amide bonds. The Morgan fingerprint density at radius 3 is 2.33 bits per heavy atom. The van der Waals surface area contributed by atoms with Gasteiger partial charge in [-0.05, 0) is 74.3 Å². The predicted octanol–water partition coefficient (Wildman–Crippen LogP) is 3.96. The monoisotopic (exact) mass is 328 g/mol. The van der Waals surface area contributed by atoms with E-state index in [0.29, 0.717) is 18.4 Å². The number of benzene rings is 1. The third-order valence-corrected chi connectivity index (χ3v) is 6.82. The fourth-order valence-electron chi connectivity index (χ4n) is 5.77. The van der Waals surface area contributed by atoms with Crippen molar-refractivity contribution in [3.05, 3.63) is 29.8 Å². The number of carbonyl (C=O) groups is 1. The van der Waals surface area contributed by atoms with E-state index in [1.807, 2.05) is 38.3 Å². The molecule has 2 N–H and O–H groups in total. The average Bonchev–Trinajstić information content (AvgIpc) is 2.56. The van der Waals surface area contributed by atoms with Gasteiger partial charge in [0.15, 0.2) is 0 Å². The first-order valence-corrected chi connectivity index (χ1v) is 9.26. The minimum Gasteiger partial charge on any atom is -0.376 e. The zero-order chi connectivity index (χ0) is 16.7. The molecule has 0 aliphatic heterocycles. The summed E-state index contributed by atoms with van der Waals surface area (Å²) in [6.45, 7) is 2.63. The van der Waals surface area contributed by atoms with Crippen molar-refractivity contribution in [2.75, 3.05) is 19.0 Å². The van der Waals surface area contributed by atoms with Gasteiger partial charge in [-0.15, -0.1) is 0 Å². The van der Waals surface area contributed by atoms with Gasteiger partial charge in [0.2, 0.25) is 0 Å². The van der Waals surface area contributed by atoms with Crippen LogP contribution in [0.5, 0.6) is 0 Å². The third kappa shape index (κ3) is 2.61. The summed E-state index contributed by atoms with van der Waals surface area (Å²) in [6.07, 6.45) is 6.54. The Balaban J connectivity index is 1.42. The first-order valence-electron chi connectivity index (χ1n) is 9.26. The van der Waals surface area contributed by atoms with Gasteiger partial charge in [0.25, 0.3) is 0 Å². The molecule has 0 aromatic heterocycles. The first kappa shape index (κ1) is 15.9. The standard InChI is InChI=1S/C20H28N2O2/c1-13-5-3-4-6-18(13)22-19(23)21-12-20(24-2)16-8-14-7-15(10-16)11-17(20)9-14/h3-6,14-17H,7-12H2,1-2H3,(H2,21,22,23). The van der Waals surface area contributed by atoms with Crippen molar-refractivity contribution in [1.82, 2.24) is 5.32 Å². The summed E-state index contributed by atoms with van der Waals surface area (Å²) >= 11 is 0. The summed E-state index contributed by atoms with van der Waals surface area (Å²) in [5, 5.41) is 6.07. The molecule has 4 heteroatoms. The van der Waals surface area contributed by atoms with Gasteiger partial charge < -0.3 is 15.4 Å². The van der Waals surface area contributed by atoms with Crippen molar-refractivity contribution >= 4 is 11.7 Å². The van der Waals surface area contributed by atoms with Crippen molar-refractivity contribution in [2.45, 2.75) is 44.6 Å². The lowest BCUT2D eigenvalue weighted by atomic mass is 9.49. The van der Waals surface area contributed by atoms with Crippen molar-refractivity contribution < 1.29 is 9.53 Å². The van der Waals surface area contributed by atoms with Crippen LogP contribution in [-0.2, 0) is 4.74 Å². The van der Waals surface area contributed by atoms with E-state index in [0.717, 1.165) is 23.1 Å². The number of methoxy groups -OCH3 is 1. The van der Waals surface area contributed by atoms with Gasteiger partial charge in [0.05, 0.1) is 5.60 Å². The summed E-state index contributed by atoms with van der Waals surface area (Å²) in [6, 6.07) is 7.73. The van der Waals surface area contributed by atoms with Gasteiger partial charge in [0.1, 0.15) is 0 Å². The highest BCUT2D eigenvalue weighted by molar-refractivity contribution is 5.90. The van der Waals surface area contributed by atoms with Crippen LogP contribution in [0.2, 0.25) is 0 Å². The summed E-state index contributed by atoms with van der Waals surface area (Å²) in [5.74, 6) is 3.02. The molecule has 4 fully saturated rings. The van der Waals surface area contributed by atoms with Gasteiger partial charge in [-0.2, -0.15) is 0 Å². The summed E-state index contributed by atoms with van der Waals surface area (Å²) in [5.41, 5.74) is 1.78. The predicted molar refractivity (Wildman–Crippen MR) is 95.0 cm³/mol. The van der Waals surface area contributed by atoms with Crippen molar-refractivity contribution in [2.24, 2.45) is 23.7 Å². The number of hydrogen-bond acceptors (Lipinski definition) is 2. The Labute approximate surface area is 144 Å². The fraction of sp³-hybridized carbons (Fsp3) is 0.650. The van der Waals surface area contributed by atoms with E-state index in [1.54, 1.807) is 0 Å². The zero-order valence-electron chi connectivity index (χ0n) is 14.7. The second kappa shape index (κ2) is 6.07. The normalized spacial score (nSPS) is 36.6. The van der Waals surface area contributed by atoms with Gasteiger partial charge in [-0.25, -0.2) is 4.79 Å². The highest BCUT2D eigenvalue weighted by Crippen LogP contribution is 2.59. The van der Waals surface area contributed by atoms with Crippen molar-refractivity contribution in [1.29, 1.82) is 0 Å². The van der Waals surface area contributed by atoms with Crippen LogP contribution < -0.4 is 10.6 Å². The van der Waals surface area contributed by atoms with E-state index in [4.69, 9.17) is 4.74 Å². The van der Waals surface area contributed by atoms with Crippen LogP contribution in [-0.4, -0.2) is 25.3 Å². The second-order valence-electron chi connectivity index (χ2n) is 8.09. The number of rotatable bonds is 4. The van der Waals surface area contributed by atoms with Crippen LogP contribution in [0.4, 0.5) is 10.5 Å². The Kier molecular flexibility index (Phi) is 4.03. The molecule has 1 aromatic carbocycles. The van der Waals surface area contributed by atoms with Gasteiger partial charge in [-0.3, -0.25) is 0 Å².